The molecule has 0 atom stereocenters. The van der Waals surface area contributed by atoms with Gasteiger partial charge in [-0.1, -0.05) is 6.85 Å². The minimum absolute atomic E-state index is 0.0936. The Kier molecular flexibility index (Phi) is 1.42. The molecule has 1 saturated carbocycles. The molecular weight excluding hydrogens is 112 g/mol. The van der Waals surface area contributed by atoms with Gasteiger partial charge in [-0.3, -0.25) is 0 Å². The van der Waals surface area contributed by atoms with Crippen molar-refractivity contribution in [2.45, 2.75) is 38.6 Å². The summed E-state index contributed by atoms with van der Waals surface area (Å²) in [4.78, 5) is 0. The highest BCUT2D eigenvalue weighted by molar-refractivity contribution is 4.68. The minimum atomic E-state index is -1.75. The predicted octanol–water partition coefficient (Wildman–Crippen LogP) is 2.21. The van der Waals surface area contributed by atoms with Gasteiger partial charge in [-0.25, -0.2) is 0 Å². The van der Waals surface area contributed by atoms with Gasteiger partial charge in [0.05, 0.1) is 6.10 Å². The lowest BCUT2D eigenvalue weighted by Crippen LogP contribution is -2.18. The zero-order chi connectivity index (χ0) is 9.19. The van der Waals surface area contributed by atoms with E-state index in [1.54, 1.807) is 7.11 Å². The molecule has 0 radical (unpaired) electrons. The second kappa shape index (κ2) is 3.21. The van der Waals surface area contributed by atoms with Crippen LogP contribution in [0.2, 0.25) is 0 Å². The molecule has 0 heterocycles. The Morgan fingerprint density at radius 3 is 2.44 bits per heavy atom. The lowest BCUT2D eigenvalue weighted by Gasteiger charge is -2.24. The van der Waals surface area contributed by atoms with E-state index < -0.39 is 6.85 Å². The van der Waals surface area contributed by atoms with Crippen LogP contribution in [-0.2, 0) is 4.74 Å². The smallest absolute Gasteiger partial charge is 0.0571 e. The van der Waals surface area contributed by atoms with E-state index in [9.17, 15) is 0 Å². The molecular formula is C8H16O. The van der Waals surface area contributed by atoms with Crippen molar-refractivity contribution < 1.29 is 8.85 Å². The van der Waals surface area contributed by atoms with Crippen LogP contribution in [-0.4, -0.2) is 13.2 Å². The summed E-state index contributed by atoms with van der Waals surface area (Å²) in [5, 5.41) is 0. The Hall–Kier alpha value is -0.0400. The first kappa shape index (κ1) is 3.97. The van der Waals surface area contributed by atoms with Crippen molar-refractivity contribution in [3.63, 3.8) is 0 Å². The largest absolute Gasteiger partial charge is 0.381 e. The Balaban J connectivity index is 2.36. The molecule has 0 aliphatic heterocycles. The van der Waals surface area contributed by atoms with Gasteiger partial charge in [-0.15, -0.1) is 0 Å². The molecule has 0 aromatic rings. The Morgan fingerprint density at radius 2 is 2.00 bits per heavy atom. The van der Waals surface area contributed by atoms with Gasteiger partial charge in [0.25, 0.3) is 0 Å². The van der Waals surface area contributed by atoms with Crippen LogP contribution < -0.4 is 0 Å². The molecule has 54 valence electrons. The highest BCUT2D eigenvalue weighted by Gasteiger charge is 2.16. The van der Waals surface area contributed by atoms with Crippen LogP contribution in [0, 0.1) is 5.92 Å². The highest BCUT2D eigenvalue weighted by Crippen LogP contribution is 2.24. The van der Waals surface area contributed by atoms with Crippen LogP contribution in [0.3, 0.4) is 0 Å². The summed E-state index contributed by atoms with van der Waals surface area (Å²) in [6, 6.07) is 0. The number of methoxy groups -OCH3 is 1. The van der Waals surface area contributed by atoms with E-state index in [0.29, 0.717) is 6.10 Å². The van der Waals surface area contributed by atoms with Gasteiger partial charge in [0.1, 0.15) is 0 Å². The molecule has 1 nitrogen and oxygen atoms in total. The zero-order valence-electron chi connectivity index (χ0n) is 8.89. The monoisotopic (exact) mass is 131 g/mol. The summed E-state index contributed by atoms with van der Waals surface area (Å²) in [6.45, 7) is -1.75. The second-order valence-electron chi connectivity index (χ2n) is 2.71. The summed E-state index contributed by atoms with van der Waals surface area (Å²) in [6.07, 6.45) is 3.67. The summed E-state index contributed by atoms with van der Waals surface area (Å²) >= 11 is 0. The van der Waals surface area contributed by atoms with Crippen LogP contribution in [0.15, 0.2) is 0 Å². The molecule has 0 spiro atoms. The first-order valence-corrected chi connectivity index (χ1v) is 3.57. The van der Waals surface area contributed by atoms with Crippen LogP contribution in [0.4, 0.5) is 0 Å². The van der Waals surface area contributed by atoms with Gasteiger partial charge in [-0.05, 0) is 31.6 Å². The molecule has 0 unspecified atom stereocenters. The van der Waals surface area contributed by atoms with E-state index in [-0.39, 0.29) is 5.92 Å². The molecule has 1 fully saturated rings. The second-order valence-corrected chi connectivity index (χ2v) is 2.71. The first-order valence-electron chi connectivity index (χ1n) is 5.07. The predicted molar refractivity (Wildman–Crippen MR) is 38.4 cm³/mol. The van der Waals surface area contributed by atoms with Gasteiger partial charge in [0.2, 0.25) is 0 Å². The van der Waals surface area contributed by atoms with Crippen LogP contribution >= 0.6 is 0 Å². The quantitative estimate of drug-likeness (QED) is 0.530. The zero-order valence-corrected chi connectivity index (χ0v) is 5.89. The summed E-state index contributed by atoms with van der Waals surface area (Å²) < 4.78 is 26.9. The first-order chi connectivity index (χ1) is 5.54. The summed E-state index contributed by atoms with van der Waals surface area (Å²) in [7, 11) is 1.69. The van der Waals surface area contributed by atoms with E-state index in [1.165, 1.54) is 0 Å². The number of hydrogen-bond donors (Lipinski definition) is 0. The topological polar surface area (TPSA) is 9.23 Å². The van der Waals surface area contributed by atoms with E-state index in [4.69, 9.17) is 8.85 Å². The average molecular weight is 131 g/mol. The highest BCUT2D eigenvalue weighted by atomic mass is 16.5. The minimum Gasteiger partial charge on any atom is -0.381 e. The Morgan fingerprint density at radius 1 is 1.33 bits per heavy atom. The number of ether oxygens (including phenoxy) is 1. The van der Waals surface area contributed by atoms with E-state index in [2.05, 4.69) is 0 Å². The standard InChI is InChI=1S/C8H16O/c1-7-3-5-8(9-2)6-4-7/h7-8H,3-6H2,1-2H3/i1D3. The third-order valence-electron chi connectivity index (χ3n) is 2.01. The third kappa shape index (κ3) is 1.98. The lowest BCUT2D eigenvalue weighted by molar-refractivity contribution is 0.0593. The molecule has 9 heavy (non-hydrogen) atoms. The van der Waals surface area contributed by atoms with Crippen molar-refractivity contribution in [2.24, 2.45) is 5.92 Å². The Labute approximate surface area is 61.6 Å². The maximum atomic E-state index is 7.24. The van der Waals surface area contributed by atoms with Crippen LogP contribution in [0.1, 0.15) is 36.6 Å². The van der Waals surface area contributed by atoms with E-state index in [0.717, 1.165) is 25.7 Å². The molecule has 1 aliphatic carbocycles. The van der Waals surface area contributed by atoms with Crippen molar-refractivity contribution in [1.29, 1.82) is 0 Å². The molecule has 0 bridgehead atoms. The molecule has 1 rings (SSSR count). The number of rotatable bonds is 1. The van der Waals surface area contributed by atoms with Crippen molar-refractivity contribution in [3.8, 4) is 0 Å². The van der Waals surface area contributed by atoms with Gasteiger partial charge >= 0.3 is 0 Å². The maximum Gasteiger partial charge on any atom is 0.0571 e. The molecule has 0 N–H and O–H groups in total. The SMILES string of the molecule is [2H]C([2H])([2H])C1CCC(OC)CC1. The summed E-state index contributed by atoms with van der Waals surface area (Å²) in [5.41, 5.74) is 0. The third-order valence-corrected chi connectivity index (χ3v) is 2.01. The van der Waals surface area contributed by atoms with Gasteiger partial charge < -0.3 is 4.74 Å². The molecule has 0 amide bonds. The fourth-order valence-electron chi connectivity index (χ4n) is 1.30. The van der Waals surface area contributed by atoms with Gasteiger partial charge in [0, 0.05) is 11.2 Å². The fourth-order valence-corrected chi connectivity index (χ4v) is 1.30. The molecule has 0 aromatic carbocycles. The molecule has 1 heteroatoms. The Bertz CT molecular complexity index is 136. The average Bonchev–Trinajstić information content (AvgIpc) is 2.03. The van der Waals surface area contributed by atoms with Gasteiger partial charge in [0.15, 0.2) is 0 Å². The molecule has 0 saturated heterocycles. The van der Waals surface area contributed by atoms with Crippen molar-refractivity contribution >= 4 is 0 Å². The van der Waals surface area contributed by atoms with E-state index in [1.807, 2.05) is 0 Å². The van der Waals surface area contributed by atoms with Crippen LogP contribution in [0.25, 0.3) is 0 Å². The molecule has 1 aliphatic rings. The van der Waals surface area contributed by atoms with Crippen LogP contribution in [0.5, 0.6) is 0 Å². The lowest BCUT2D eigenvalue weighted by atomic mass is 9.89. The van der Waals surface area contributed by atoms with Crippen molar-refractivity contribution in [2.75, 3.05) is 7.11 Å². The maximum absolute atomic E-state index is 7.24. The number of hydrogen-bond acceptors (Lipinski definition) is 1. The van der Waals surface area contributed by atoms with Gasteiger partial charge in [-0.2, -0.15) is 0 Å². The molecule has 0 aromatic heterocycles. The van der Waals surface area contributed by atoms with Crippen molar-refractivity contribution in [1.82, 2.24) is 0 Å². The summed E-state index contributed by atoms with van der Waals surface area (Å²) in [5.74, 6) is -0.0936. The van der Waals surface area contributed by atoms with Crippen molar-refractivity contribution in [3.05, 3.63) is 0 Å². The van der Waals surface area contributed by atoms with E-state index >= 15 is 0 Å². The normalized spacial score (nSPS) is 43.0. The fraction of sp³-hybridized carbons (Fsp3) is 1.00.